The van der Waals surface area contributed by atoms with Gasteiger partial charge in [-0.2, -0.15) is 0 Å². The van der Waals surface area contributed by atoms with Gasteiger partial charge in [0.1, 0.15) is 23.5 Å². The molecule has 1 amide bonds. The van der Waals surface area contributed by atoms with E-state index in [9.17, 15) is 9.18 Å². The van der Waals surface area contributed by atoms with E-state index in [-0.39, 0.29) is 17.6 Å². The van der Waals surface area contributed by atoms with Crippen molar-refractivity contribution < 1.29 is 9.18 Å². The van der Waals surface area contributed by atoms with Crippen LogP contribution in [0.3, 0.4) is 0 Å². The minimum Gasteiger partial charge on any atom is -0.369 e. The van der Waals surface area contributed by atoms with Crippen LogP contribution in [0.15, 0.2) is 24.5 Å². The summed E-state index contributed by atoms with van der Waals surface area (Å²) in [5, 5.41) is 3.94. The van der Waals surface area contributed by atoms with E-state index in [0.29, 0.717) is 16.7 Å². The molecule has 0 spiro atoms. The first-order valence-corrected chi connectivity index (χ1v) is 8.30. The van der Waals surface area contributed by atoms with Gasteiger partial charge in [0, 0.05) is 18.5 Å². The smallest absolute Gasteiger partial charge is 0.221 e. The molecule has 2 aromatic rings. The normalized spacial score (nSPS) is 18.6. The second kappa shape index (κ2) is 7.53. The van der Waals surface area contributed by atoms with Crippen molar-refractivity contribution in [3.05, 3.63) is 30.3 Å². The van der Waals surface area contributed by atoms with Crippen molar-refractivity contribution in [2.45, 2.75) is 19.3 Å². The summed E-state index contributed by atoms with van der Waals surface area (Å²) >= 11 is 0. The van der Waals surface area contributed by atoms with Gasteiger partial charge in [-0.25, -0.2) is 14.4 Å². The van der Waals surface area contributed by atoms with Crippen LogP contribution in [0.2, 0.25) is 0 Å². The molecule has 1 saturated heterocycles. The number of carbonyl (C=O) groups excluding carboxylic acids is 1. The number of benzene rings is 1. The van der Waals surface area contributed by atoms with Crippen LogP contribution in [0.1, 0.15) is 19.3 Å². The average molecular weight is 331 g/mol. The fourth-order valence-electron chi connectivity index (χ4n) is 3.19. The first-order chi connectivity index (χ1) is 11.6. The Hall–Kier alpha value is -2.28. The number of nitrogens with two attached hydrogens (primary N) is 1. The summed E-state index contributed by atoms with van der Waals surface area (Å²) in [4.78, 5) is 21.8. The molecular weight excluding hydrogens is 309 g/mol. The number of para-hydroxylation sites is 1. The predicted molar refractivity (Wildman–Crippen MR) is 91.0 cm³/mol. The molecule has 0 aliphatic carbocycles. The minimum absolute atomic E-state index is 0.0273. The van der Waals surface area contributed by atoms with Crippen LogP contribution in [-0.2, 0) is 4.79 Å². The average Bonchev–Trinajstić information content (AvgIpc) is 2.59. The Labute approximate surface area is 140 Å². The summed E-state index contributed by atoms with van der Waals surface area (Å²) in [7, 11) is 0. The summed E-state index contributed by atoms with van der Waals surface area (Å²) in [6, 6.07) is 4.86. The molecule has 128 valence electrons. The number of aromatic nitrogens is 2. The third kappa shape index (κ3) is 3.79. The van der Waals surface area contributed by atoms with Crippen molar-refractivity contribution in [1.82, 2.24) is 14.9 Å². The van der Waals surface area contributed by atoms with Gasteiger partial charge in [-0.15, -0.1) is 0 Å². The zero-order valence-electron chi connectivity index (χ0n) is 13.5. The number of piperidine rings is 1. The number of fused-ring (bicyclic) bond motifs is 1. The monoisotopic (exact) mass is 331 g/mol. The molecule has 1 aromatic heterocycles. The van der Waals surface area contributed by atoms with Gasteiger partial charge in [0.15, 0.2) is 0 Å². The topological polar surface area (TPSA) is 84.1 Å². The second-order valence-electron chi connectivity index (χ2n) is 6.18. The quantitative estimate of drug-likeness (QED) is 0.788. The second-order valence-corrected chi connectivity index (χ2v) is 6.18. The lowest BCUT2D eigenvalue weighted by molar-refractivity contribution is -0.123. The van der Waals surface area contributed by atoms with E-state index >= 15 is 0 Å². The lowest BCUT2D eigenvalue weighted by Gasteiger charge is -2.31. The van der Waals surface area contributed by atoms with Gasteiger partial charge < -0.3 is 16.0 Å². The molecule has 6 nitrogen and oxygen atoms in total. The van der Waals surface area contributed by atoms with E-state index in [1.807, 2.05) is 6.07 Å². The highest BCUT2D eigenvalue weighted by Crippen LogP contribution is 2.21. The molecule has 0 saturated carbocycles. The van der Waals surface area contributed by atoms with E-state index in [0.717, 1.165) is 45.4 Å². The number of hydrogen-bond donors (Lipinski definition) is 2. The van der Waals surface area contributed by atoms with Crippen LogP contribution in [0.4, 0.5) is 10.2 Å². The Morgan fingerprint density at radius 2 is 2.29 bits per heavy atom. The van der Waals surface area contributed by atoms with Crippen LogP contribution >= 0.6 is 0 Å². The molecule has 3 N–H and O–H groups in total. The molecule has 1 fully saturated rings. The molecule has 1 aliphatic heterocycles. The maximum absolute atomic E-state index is 13.7. The maximum Gasteiger partial charge on any atom is 0.221 e. The molecule has 3 rings (SSSR count). The van der Waals surface area contributed by atoms with Crippen LogP contribution in [0.5, 0.6) is 0 Å². The number of nitrogens with zero attached hydrogens (tertiary/aromatic N) is 3. The van der Waals surface area contributed by atoms with Crippen LogP contribution < -0.4 is 11.1 Å². The predicted octanol–water partition coefficient (Wildman–Crippen LogP) is 1.77. The molecule has 0 radical (unpaired) electrons. The van der Waals surface area contributed by atoms with Gasteiger partial charge in [0.05, 0.1) is 5.92 Å². The van der Waals surface area contributed by atoms with Crippen molar-refractivity contribution in [2.24, 2.45) is 11.7 Å². The summed E-state index contributed by atoms with van der Waals surface area (Å²) < 4.78 is 13.7. The summed E-state index contributed by atoms with van der Waals surface area (Å²) in [6.45, 7) is 3.37. The zero-order chi connectivity index (χ0) is 16.9. The first kappa shape index (κ1) is 16.6. The molecule has 1 unspecified atom stereocenters. The molecule has 1 atom stereocenters. The number of halogens is 1. The summed E-state index contributed by atoms with van der Waals surface area (Å²) in [5.41, 5.74) is 5.73. The van der Waals surface area contributed by atoms with E-state index in [1.165, 1.54) is 12.4 Å². The van der Waals surface area contributed by atoms with Crippen molar-refractivity contribution in [3.63, 3.8) is 0 Å². The number of amides is 1. The minimum atomic E-state index is -0.344. The van der Waals surface area contributed by atoms with Gasteiger partial charge in [0.25, 0.3) is 0 Å². The summed E-state index contributed by atoms with van der Waals surface area (Å²) in [6.07, 6.45) is 4.18. The number of rotatable bonds is 6. The van der Waals surface area contributed by atoms with Crippen LogP contribution in [-0.4, -0.2) is 47.0 Å². The molecule has 7 heteroatoms. The first-order valence-electron chi connectivity index (χ1n) is 8.30. The van der Waals surface area contributed by atoms with E-state index in [1.54, 1.807) is 6.07 Å². The van der Waals surface area contributed by atoms with Gasteiger partial charge in [-0.3, -0.25) is 4.79 Å². The SMILES string of the molecule is NC(=O)C1CCCN(CCCNc2ncnc3c(F)cccc23)C1. The Balaban J connectivity index is 1.52. The maximum atomic E-state index is 13.7. The lowest BCUT2D eigenvalue weighted by Crippen LogP contribution is -2.41. The van der Waals surface area contributed by atoms with Crippen molar-refractivity contribution in [1.29, 1.82) is 0 Å². The van der Waals surface area contributed by atoms with Crippen molar-refractivity contribution in [2.75, 3.05) is 31.5 Å². The van der Waals surface area contributed by atoms with E-state index in [4.69, 9.17) is 5.73 Å². The highest BCUT2D eigenvalue weighted by atomic mass is 19.1. The van der Waals surface area contributed by atoms with Gasteiger partial charge in [0.2, 0.25) is 5.91 Å². The highest BCUT2D eigenvalue weighted by molar-refractivity contribution is 5.89. The van der Waals surface area contributed by atoms with Crippen LogP contribution in [0, 0.1) is 11.7 Å². The zero-order valence-corrected chi connectivity index (χ0v) is 13.5. The molecule has 0 bridgehead atoms. The largest absolute Gasteiger partial charge is 0.369 e. The lowest BCUT2D eigenvalue weighted by atomic mass is 9.97. The third-order valence-corrected chi connectivity index (χ3v) is 4.47. The number of likely N-dealkylation sites (tertiary alicyclic amines) is 1. The van der Waals surface area contributed by atoms with E-state index < -0.39 is 0 Å². The number of primary amides is 1. The number of anilines is 1. The number of carbonyl (C=O) groups is 1. The molecule has 1 aromatic carbocycles. The Kier molecular flexibility index (Phi) is 5.20. The van der Waals surface area contributed by atoms with Crippen molar-refractivity contribution in [3.8, 4) is 0 Å². The molecule has 24 heavy (non-hydrogen) atoms. The van der Waals surface area contributed by atoms with Gasteiger partial charge >= 0.3 is 0 Å². The fourth-order valence-corrected chi connectivity index (χ4v) is 3.19. The number of nitrogens with one attached hydrogen (secondary N) is 1. The Morgan fingerprint density at radius 3 is 3.12 bits per heavy atom. The Morgan fingerprint density at radius 1 is 1.42 bits per heavy atom. The van der Waals surface area contributed by atoms with Crippen molar-refractivity contribution >= 4 is 22.6 Å². The molecule has 1 aliphatic rings. The highest BCUT2D eigenvalue weighted by Gasteiger charge is 2.23. The van der Waals surface area contributed by atoms with Crippen LogP contribution in [0.25, 0.3) is 10.9 Å². The molecule has 2 heterocycles. The van der Waals surface area contributed by atoms with Gasteiger partial charge in [-0.05, 0) is 44.5 Å². The standard InChI is InChI=1S/C17H22FN5O/c18-14-6-1-5-13-15(14)21-11-22-17(13)20-7-3-9-23-8-2-4-12(10-23)16(19)24/h1,5-6,11-12H,2-4,7-10H2,(H2,19,24)(H,20,21,22). The molecular formula is C17H22FN5O. The van der Waals surface area contributed by atoms with Gasteiger partial charge in [-0.1, -0.05) is 6.07 Å². The fraction of sp³-hybridized carbons (Fsp3) is 0.471. The third-order valence-electron chi connectivity index (χ3n) is 4.47. The van der Waals surface area contributed by atoms with E-state index in [2.05, 4.69) is 20.2 Å². The number of hydrogen-bond acceptors (Lipinski definition) is 5. The summed E-state index contributed by atoms with van der Waals surface area (Å²) in [5.74, 6) is 0.0738. The Bertz CT molecular complexity index is 723.